The number of hydrogen-bond donors (Lipinski definition) is 0. The Kier molecular flexibility index (Phi) is 2.61. The highest BCUT2D eigenvalue weighted by Gasteiger charge is 2.15. The Morgan fingerprint density at radius 3 is 2.71 bits per heavy atom. The molecule has 0 bridgehead atoms. The molecule has 0 saturated carbocycles. The maximum Gasteiger partial charge on any atom is 0.161 e. The maximum atomic E-state index is 6.18. The van der Waals surface area contributed by atoms with Gasteiger partial charge in [-0.25, -0.2) is 9.97 Å². The van der Waals surface area contributed by atoms with Crippen molar-refractivity contribution >= 4 is 17.8 Å². The molecule has 0 fully saturated rings. The van der Waals surface area contributed by atoms with Gasteiger partial charge >= 0.3 is 0 Å². The van der Waals surface area contributed by atoms with Crippen LogP contribution in [0.3, 0.4) is 0 Å². The first-order chi connectivity index (χ1) is 8.34. The number of aromatic nitrogens is 2. The lowest BCUT2D eigenvalue weighted by Gasteiger charge is -2.12. The third kappa shape index (κ3) is 1.94. The largest absolute Gasteiger partial charge is 0.291 e. The van der Waals surface area contributed by atoms with E-state index in [-0.39, 0.29) is 0 Å². The zero-order chi connectivity index (χ0) is 11.7. The topological polar surface area (TPSA) is 38.1 Å². The van der Waals surface area contributed by atoms with E-state index in [1.807, 2.05) is 36.5 Å². The average molecular weight is 244 g/mol. The lowest BCUT2D eigenvalue weighted by atomic mass is 10.1. The molecule has 0 unspecified atom stereocenters. The van der Waals surface area contributed by atoms with Crippen molar-refractivity contribution < 1.29 is 0 Å². The van der Waals surface area contributed by atoms with E-state index in [4.69, 9.17) is 11.6 Å². The number of halogens is 1. The van der Waals surface area contributed by atoms with Crippen molar-refractivity contribution in [1.82, 2.24) is 9.97 Å². The van der Waals surface area contributed by atoms with Crippen LogP contribution in [-0.4, -0.2) is 16.2 Å². The van der Waals surface area contributed by atoms with Crippen LogP contribution in [0.25, 0.3) is 11.4 Å². The molecule has 0 N–H and O–H groups in total. The van der Waals surface area contributed by atoms with E-state index in [1.165, 1.54) is 0 Å². The lowest BCUT2D eigenvalue weighted by molar-refractivity contribution is 0.914. The van der Waals surface area contributed by atoms with Crippen LogP contribution >= 0.6 is 11.6 Å². The highest BCUT2D eigenvalue weighted by atomic mass is 35.5. The molecule has 3 nitrogen and oxygen atoms in total. The zero-order valence-corrected chi connectivity index (χ0v) is 9.85. The van der Waals surface area contributed by atoms with Crippen molar-refractivity contribution in [3.05, 3.63) is 46.7 Å². The first kappa shape index (κ1) is 10.4. The molecule has 1 aromatic heterocycles. The van der Waals surface area contributed by atoms with Crippen molar-refractivity contribution in [2.45, 2.75) is 13.0 Å². The second-order valence-electron chi connectivity index (χ2n) is 3.86. The number of nitrogens with zero attached hydrogens (tertiary/aromatic N) is 3. The Balaban J connectivity index is 2.12. The van der Waals surface area contributed by atoms with Gasteiger partial charge < -0.3 is 0 Å². The summed E-state index contributed by atoms with van der Waals surface area (Å²) in [5, 5.41) is 0.542. The van der Waals surface area contributed by atoms with Gasteiger partial charge in [0, 0.05) is 23.8 Å². The summed E-state index contributed by atoms with van der Waals surface area (Å²) < 4.78 is 0. The fourth-order valence-electron chi connectivity index (χ4n) is 1.86. The van der Waals surface area contributed by atoms with Gasteiger partial charge in [0.1, 0.15) is 5.15 Å². The summed E-state index contributed by atoms with van der Waals surface area (Å²) >= 11 is 6.18. The molecule has 84 valence electrons. The molecule has 1 aliphatic heterocycles. The third-order valence-electron chi connectivity index (χ3n) is 2.74. The molecular weight excluding hydrogens is 234 g/mol. The first-order valence-corrected chi connectivity index (χ1v) is 5.81. The Morgan fingerprint density at radius 1 is 1.06 bits per heavy atom. The van der Waals surface area contributed by atoms with E-state index < -0.39 is 0 Å². The molecule has 0 atom stereocenters. The quantitative estimate of drug-likeness (QED) is 0.723. The van der Waals surface area contributed by atoms with E-state index in [0.717, 1.165) is 23.2 Å². The van der Waals surface area contributed by atoms with Crippen molar-refractivity contribution in [2.24, 2.45) is 4.99 Å². The van der Waals surface area contributed by atoms with Crippen LogP contribution in [-0.2, 0) is 13.0 Å². The molecule has 17 heavy (non-hydrogen) atoms. The van der Waals surface area contributed by atoms with Crippen LogP contribution in [0.2, 0.25) is 5.15 Å². The minimum Gasteiger partial charge on any atom is -0.291 e. The summed E-state index contributed by atoms with van der Waals surface area (Å²) in [7, 11) is 0. The molecular formula is C13H10ClN3. The number of fused-ring (bicyclic) bond motifs is 1. The van der Waals surface area contributed by atoms with E-state index in [9.17, 15) is 0 Å². The number of hydrogen-bond acceptors (Lipinski definition) is 3. The van der Waals surface area contributed by atoms with Crippen molar-refractivity contribution in [1.29, 1.82) is 0 Å². The van der Waals surface area contributed by atoms with Crippen LogP contribution in [0.4, 0.5) is 0 Å². The smallest absolute Gasteiger partial charge is 0.161 e. The highest BCUT2D eigenvalue weighted by molar-refractivity contribution is 6.30. The summed E-state index contributed by atoms with van der Waals surface area (Å²) in [5.74, 6) is 0.673. The van der Waals surface area contributed by atoms with Gasteiger partial charge in [0.05, 0.1) is 12.2 Å². The highest BCUT2D eigenvalue weighted by Crippen LogP contribution is 2.24. The van der Waals surface area contributed by atoms with Crippen molar-refractivity contribution in [3.63, 3.8) is 0 Å². The van der Waals surface area contributed by atoms with Gasteiger partial charge in [-0.05, 0) is 0 Å². The summed E-state index contributed by atoms with van der Waals surface area (Å²) in [6, 6.07) is 9.84. The Hall–Kier alpha value is -1.74. The first-order valence-electron chi connectivity index (χ1n) is 5.43. The fourth-order valence-corrected chi connectivity index (χ4v) is 2.12. The predicted molar refractivity (Wildman–Crippen MR) is 68.4 cm³/mol. The van der Waals surface area contributed by atoms with Gasteiger partial charge in [-0.3, -0.25) is 4.99 Å². The number of rotatable bonds is 1. The van der Waals surface area contributed by atoms with E-state index in [0.29, 0.717) is 17.5 Å². The molecule has 0 aliphatic carbocycles. The molecule has 3 rings (SSSR count). The molecule has 1 aliphatic rings. The average Bonchev–Trinajstić information content (AvgIpc) is 2.40. The van der Waals surface area contributed by atoms with E-state index in [1.54, 1.807) is 0 Å². The van der Waals surface area contributed by atoms with Crippen LogP contribution in [0, 0.1) is 0 Å². The minimum absolute atomic E-state index is 0.542. The second-order valence-corrected chi connectivity index (χ2v) is 4.21. The Labute approximate surface area is 104 Å². The Morgan fingerprint density at radius 2 is 1.88 bits per heavy atom. The summed E-state index contributed by atoms with van der Waals surface area (Å²) in [4.78, 5) is 13.1. The summed E-state index contributed by atoms with van der Waals surface area (Å²) in [6.07, 6.45) is 2.59. The van der Waals surface area contributed by atoms with Gasteiger partial charge in [0.15, 0.2) is 5.82 Å². The molecule has 0 amide bonds. The number of aliphatic imine (C=N–C) groups is 1. The van der Waals surface area contributed by atoms with Crippen molar-refractivity contribution in [3.8, 4) is 11.4 Å². The normalized spacial score (nSPS) is 13.5. The minimum atomic E-state index is 0.542. The van der Waals surface area contributed by atoms with Gasteiger partial charge in [0.25, 0.3) is 0 Å². The molecule has 1 aromatic carbocycles. The van der Waals surface area contributed by atoms with Crippen molar-refractivity contribution in [2.75, 3.05) is 0 Å². The molecule has 0 saturated heterocycles. The standard InChI is InChI=1S/C13H10ClN3/c14-12-10-6-7-15-8-11(10)16-13(17-12)9-4-2-1-3-5-9/h1-5,7H,6,8H2. The second kappa shape index (κ2) is 4.26. The summed E-state index contributed by atoms with van der Waals surface area (Å²) in [5.41, 5.74) is 2.92. The maximum absolute atomic E-state index is 6.18. The van der Waals surface area contributed by atoms with Gasteiger partial charge in [-0.2, -0.15) is 0 Å². The zero-order valence-electron chi connectivity index (χ0n) is 9.10. The van der Waals surface area contributed by atoms with Gasteiger partial charge in [0.2, 0.25) is 0 Å². The fraction of sp³-hybridized carbons (Fsp3) is 0.154. The van der Waals surface area contributed by atoms with E-state index in [2.05, 4.69) is 15.0 Å². The Bertz CT molecular complexity index is 579. The third-order valence-corrected chi connectivity index (χ3v) is 3.05. The van der Waals surface area contributed by atoms with Crippen LogP contribution in [0.5, 0.6) is 0 Å². The SMILES string of the molecule is Clc1nc(-c2ccccc2)nc2c1CC=NC2. The molecule has 0 radical (unpaired) electrons. The van der Waals surface area contributed by atoms with E-state index >= 15 is 0 Å². The molecule has 4 heteroatoms. The summed E-state index contributed by atoms with van der Waals surface area (Å²) in [6.45, 7) is 0.595. The predicted octanol–water partition coefficient (Wildman–Crippen LogP) is 2.92. The lowest BCUT2D eigenvalue weighted by Crippen LogP contribution is -2.07. The molecule has 2 heterocycles. The molecule has 2 aromatic rings. The van der Waals surface area contributed by atoms with Crippen LogP contribution < -0.4 is 0 Å². The van der Waals surface area contributed by atoms with Crippen LogP contribution in [0.1, 0.15) is 11.3 Å². The monoisotopic (exact) mass is 243 g/mol. The molecule has 0 spiro atoms. The van der Waals surface area contributed by atoms with Gasteiger partial charge in [-0.1, -0.05) is 41.9 Å². The number of benzene rings is 1. The van der Waals surface area contributed by atoms with Crippen LogP contribution in [0.15, 0.2) is 35.3 Å². The van der Waals surface area contributed by atoms with Gasteiger partial charge in [-0.15, -0.1) is 0 Å².